The summed E-state index contributed by atoms with van der Waals surface area (Å²) < 4.78 is 37.4. The smallest absolute Gasteiger partial charge is 0.240 e. The van der Waals surface area contributed by atoms with E-state index in [4.69, 9.17) is 15.2 Å². The molecule has 0 heterocycles. The second-order valence-electron chi connectivity index (χ2n) is 6.34. The number of hydrogen-bond donors (Lipinski definition) is 3. The highest BCUT2D eigenvalue weighted by Crippen LogP contribution is 2.29. The molecule has 2 rings (SSSR count). The van der Waals surface area contributed by atoms with Gasteiger partial charge in [0.05, 0.1) is 19.1 Å². The third-order valence-corrected chi connectivity index (χ3v) is 5.91. The number of rotatable bonds is 8. The Labute approximate surface area is 154 Å². The quantitative estimate of drug-likeness (QED) is 0.608. The van der Waals surface area contributed by atoms with E-state index in [1.807, 2.05) is 0 Å². The predicted molar refractivity (Wildman–Crippen MR) is 97.7 cm³/mol. The highest BCUT2D eigenvalue weighted by atomic mass is 32.2. The number of carbonyl (C=O) groups is 1. The standard InChI is InChI=1S/C17H27N3O5S/c1-24-15-8-7-14(11-16(15)25-2)26(22,23)19-10-9-17(21)20-13-5-3-12(18)4-6-13/h7-8,11-13,19H,3-6,9-10,18H2,1-2H3,(H,20,21). The van der Waals surface area contributed by atoms with Gasteiger partial charge in [0.15, 0.2) is 11.5 Å². The lowest BCUT2D eigenvalue weighted by Gasteiger charge is -2.26. The summed E-state index contributed by atoms with van der Waals surface area (Å²) in [5, 5.41) is 2.93. The number of amides is 1. The molecule has 26 heavy (non-hydrogen) atoms. The van der Waals surface area contributed by atoms with Gasteiger partial charge in [-0.05, 0) is 37.8 Å². The summed E-state index contributed by atoms with van der Waals surface area (Å²) in [5.41, 5.74) is 5.84. The normalized spacial score (nSPS) is 20.4. The summed E-state index contributed by atoms with van der Waals surface area (Å²) in [5.74, 6) is 0.599. The van der Waals surface area contributed by atoms with Gasteiger partial charge in [0, 0.05) is 31.1 Å². The van der Waals surface area contributed by atoms with Crippen molar-refractivity contribution in [2.45, 2.75) is 49.1 Å². The maximum absolute atomic E-state index is 12.4. The van der Waals surface area contributed by atoms with Crippen molar-refractivity contribution in [3.63, 3.8) is 0 Å². The molecule has 1 fully saturated rings. The van der Waals surface area contributed by atoms with Gasteiger partial charge in [0.1, 0.15) is 0 Å². The van der Waals surface area contributed by atoms with E-state index in [-0.39, 0.29) is 35.9 Å². The van der Waals surface area contributed by atoms with Gasteiger partial charge in [0.2, 0.25) is 15.9 Å². The number of hydrogen-bond acceptors (Lipinski definition) is 6. The Hall–Kier alpha value is -1.84. The zero-order valence-electron chi connectivity index (χ0n) is 15.2. The van der Waals surface area contributed by atoms with Crippen LogP contribution in [0.15, 0.2) is 23.1 Å². The van der Waals surface area contributed by atoms with Crippen LogP contribution in [0.1, 0.15) is 32.1 Å². The van der Waals surface area contributed by atoms with E-state index in [2.05, 4.69) is 10.0 Å². The van der Waals surface area contributed by atoms with Gasteiger partial charge >= 0.3 is 0 Å². The molecule has 0 bridgehead atoms. The third-order valence-electron chi connectivity index (χ3n) is 4.45. The largest absolute Gasteiger partial charge is 0.493 e. The van der Waals surface area contributed by atoms with Gasteiger partial charge in [-0.25, -0.2) is 13.1 Å². The van der Waals surface area contributed by atoms with Crippen molar-refractivity contribution in [2.24, 2.45) is 5.73 Å². The van der Waals surface area contributed by atoms with Crippen LogP contribution < -0.4 is 25.2 Å². The highest BCUT2D eigenvalue weighted by molar-refractivity contribution is 7.89. The lowest BCUT2D eigenvalue weighted by Crippen LogP contribution is -2.41. The molecule has 146 valence electrons. The van der Waals surface area contributed by atoms with Crippen LogP contribution in [0.4, 0.5) is 0 Å². The molecular formula is C17H27N3O5S. The molecule has 0 spiro atoms. The van der Waals surface area contributed by atoms with Crippen molar-refractivity contribution in [3.8, 4) is 11.5 Å². The van der Waals surface area contributed by atoms with Crippen molar-refractivity contribution in [2.75, 3.05) is 20.8 Å². The topological polar surface area (TPSA) is 120 Å². The first-order valence-corrected chi connectivity index (χ1v) is 10.1. The first-order chi connectivity index (χ1) is 12.4. The van der Waals surface area contributed by atoms with Crippen molar-refractivity contribution in [1.29, 1.82) is 0 Å². The molecule has 9 heteroatoms. The maximum atomic E-state index is 12.4. The Morgan fingerprint density at radius 3 is 2.42 bits per heavy atom. The highest BCUT2D eigenvalue weighted by Gasteiger charge is 2.21. The summed E-state index contributed by atoms with van der Waals surface area (Å²) in [6.45, 7) is 0.0226. The molecule has 8 nitrogen and oxygen atoms in total. The minimum atomic E-state index is -3.74. The molecule has 1 aliphatic rings. The first-order valence-electron chi connectivity index (χ1n) is 8.62. The Balaban J connectivity index is 1.85. The summed E-state index contributed by atoms with van der Waals surface area (Å²) >= 11 is 0. The fraction of sp³-hybridized carbons (Fsp3) is 0.588. The van der Waals surface area contributed by atoms with Crippen LogP contribution in [0.5, 0.6) is 11.5 Å². The lowest BCUT2D eigenvalue weighted by atomic mass is 9.92. The zero-order valence-corrected chi connectivity index (χ0v) is 16.0. The molecule has 0 aliphatic heterocycles. The molecule has 0 unspecified atom stereocenters. The fourth-order valence-corrected chi connectivity index (χ4v) is 3.98. The summed E-state index contributed by atoms with van der Waals surface area (Å²) in [4.78, 5) is 12.0. The van der Waals surface area contributed by atoms with Crippen molar-refractivity contribution < 1.29 is 22.7 Å². The zero-order chi connectivity index (χ0) is 19.2. The molecule has 1 aromatic rings. The minimum Gasteiger partial charge on any atom is -0.493 e. The Morgan fingerprint density at radius 1 is 1.15 bits per heavy atom. The first kappa shape index (κ1) is 20.5. The minimum absolute atomic E-state index is 0.0226. The Morgan fingerprint density at radius 2 is 1.81 bits per heavy atom. The molecule has 0 aromatic heterocycles. The SMILES string of the molecule is COc1ccc(S(=O)(=O)NCCC(=O)NC2CCC(N)CC2)cc1OC. The van der Waals surface area contributed by atoms with Crippen LogP contribution in [-0.2, 0) is 14.8 Å². The lowest BCUT2D eigenvalue weighted by molar-refractivity contribution is -0.121. The van der Waals surface area contributed by atoms with Crippen LogP contribution in [0.25, 0.3) is 0 Å². The van der Waals surface area contributed by atoms with Crippen LogP contribution in [0, 0.1) is 0 Å². The van der Waals surface area contributed by atoms with E-state index in [0.29, 0.717) is 11.5 Å². The molecule has 1 aliphatic carbocycles. The van der Waals surface area contributed by atoms with Crippen LogP contribution in [0.2, 0.25) is 0 Å². The van der Waals surface area contributed by atoms with Gasteiger partial charge in [-0.3, -0.25) is 4.79 Å². The molecule has 1 amide bonds. The van der Waals surface area contributed by atoms with Crippen LogP contribution in [-0.4, -0.2) is 47.2 Å². The van der Waals surface area contributed by atoms with Gasteiger partial charge < -0.3 is 20.5 Å². The van der Waals surface area contributed by atoms with Gasteiger partial charge in [-0.15, -0.1) is 0 Å². The summed E-state index contributed by atoms with van der Waals surface area (Å²) in [6, 6.07) is 4.68. The van der Waals surface area contributed by atoms with Crippen LogP contribution >= 0.6 is 0 Å². The van der Waals surface area contributed by atoms with E-state index in [9.17, 15) is 13.2 Å². The number of methoxy groups -OCH3 is 2. The Kier molecular flexibility index (Phi) is 7.24. The van der Waals surface area contributed by atoms with Gasteiger partial charge in [-0.2, -0.15) is 0 Å². The number of carbonyl (C=O) groups excluding carboxylic acids is 1. The summed E-state index contributed by atoms with van der Waals surface area (Å²) in [6.07, 6.45) is 3.61. The van der Waals surface area contributed by atoms with Crippen molar-refractivity contribution >= 4 is 15.9 Å². The molecule has 4 N–H and O–H groups in total. The Bertz CT molecular complexity index is 715. The molecule has 1 aromatic carbocycles. The van der Waals surface area contributed by atoms with Gasteiger partial charge in [-0.1, -0.05) is 0 Å². The average molecular weight is 385 g/mol. The number of benzene rings is 1. The van der Waals surface area contributed by atoms with Crippen molar-refractivity contribution in [1.82, 2.24) is 10.0 Å². The number of sulfonamides is 1. The maximum Gasteiger partial charge on any atom is 0.240 e. The van der Waals surface area contributed by atoms with E-state index in [1.165, 1.54) is 32.4 Å². The van der Waals surface area contributed by atoms with Crippen LogP contribution in [0.3, 0.4) is 0 Å². The van der Waals surface area contributed by atoms with Gasteiger partial charge in [0.25, 0.3) is 0 Å². The molecule has 0 radical (unpaired) electrons. The third kappa shape index (κ3) is 5.58. The number of nitrogens with two attached hydrogens (primary N) is 1. The van der Waals surface area contributed by atoms with Crippen molar-refractivity contribution in [3.05, 3.63) is 18.2 Å². The predicted octanol–water partition coefficient (Wildman–Crippen LogP) is 0.758. The molecule has 0 saturated heterocycles. The van der Waals surface area contributed by atoms with E-state index < -0.39 is 10.0 Å². The monoisotopic (exact) mass is 385 g/mol. The molecule has 0 atom stereocenters. The average Bonchev–Trinajstić information content (AvgIpc) is 2.62. The second-order valence-corrected chi connectivity index (χ2v) is 8.11. The number of nitrogens with one attached hydrogen (secondary N) is 2. The van der Waals surface area contributed by atoms with E-state index in [0.717, 1.165) is 25.7 Å². The van der Waals surface area contributed by atoms with E-state index in [1.54, 1.807) is 0 Å². The number of ether oxygens (including phenoxy) is 2. The molecular weight excluding hydrogens is 358 g/mol. The second kappa shape index (κ2) is 9.20. The fourth-order valence-electron chi connectivity index (χ4n) is 2.93. The summed E-state index contributed by atoms with van der Waals surface area (Å²) in [7, 11) is -0.826. The molecule has 1 saturated carbocycles. The van der Waals surface area contributed by atoms with E-state index >= 15 is 0 Å².